The van der Waals surface area contributed by atoms with Crippen LogP contribution in [0.1, 0.15) is 17.7 Å². The number of ether oxygens (including phenoxy) is 1. The number of nitrogens with zero attached hydrogens (tertiary/aromatic N) is 3. The zero-order valence-electron chi connectivity index (χ0n) is 16.1. The number of likely N-dealkylation sites (N-methyl/N-ethyl adjacent to an activating group) is 1. The summed E-state index contributed by atoms with van der Waals surface area (Å²) in [4.78, 5) is 33.1. The minimum Gasteiger partial charge on any atom is -0.469 e. The zero-order chi connectivity index (χ0) is 18.9. The first kappa shape index (κ1) is 23.7. The number of carbonyl (C=O) groups excluding carboxylic acids is 2. The second kappa shape index (κ2) is 12.2. The van der Waals surface area contributed by atoms with Gasteiger partial charge in [-0.3, -0.25) is 9.59 Å². The predicted molar refractivity (Wildman–Crippen MR) is 119 cm³/mol. The fraction of sp³-hybridized carbons (Fsp3) is 0.611. The molecule has 0 spiro atoms. The lowest BCUT2D eigenvalue weighted by Gasteiger charge is -2.33. The van der Waals surface area contributed by atoms with Crippen molar-refractivity contribution in [3.8, 4) is 0 Å². The molecule has 0 atom stereocenters. The van der Waals surface area contributed by atoms with Gasteiger partial charge in [-0.05, 0) is 30.7 Å². The quantitative estimate of drug-likeness (QED) is 0.275. The SMILES string of the molecule is COC(=O)C1CCN(C(=NCC(=O)N(C)C)NCCc2cccs2)CC1.I. The molecule has 0 bridgehead atoms. The van der Waals surface area contributed by atoms with Crippen LogP contribution < -0.4 is 5.32 Å². The highest BCUT2D eigenvalue weighted by atomic mass is 127. The van der Waals surface area contributed by atoms with Gasteiger partial charge in [-0.1, -0.05) is 6.07 Å². The first-order chi connectivity index (χ1) is 12.5. The van der Waals surface area contributed by atoms with Crippen molar-refractivity contribution < 1.29 is 14.3 Å². The molecular formula is C18H29IN4O3S. The van der Waals surface area contributed by atoms with Crippen molar-refractivity contribution in [1.29, 1.82) is 0 Å². The number of rotatable bonds is 6. The second-order valence-electron chi connectivity index (χ2n) is 6.47. The number of hydrogen-bond donors (Lipinski definition) is 1. The van der Waals surface area contributed by atoms with Gasteiger partial charge in [0.2, 0.25) is 5.91 Å². The average Bonchev–Trinajstić information content (AvgIpc) is 3.17. The van der Waals surface area contributed by atoms with Crippen LogP contribution in [0, 0.1) is 5.92 Å². The third-order valence-corrected chi connectivity index (χ3v) is 5.36. The summed E-state index contributed by atoms with van der Waals surface area (Å²) in [5, 5.41) is 5.44. The van der Waals surface area contributed by atoms with Gasteiger partial charge in [0.15, 0.2) is 5.96 Å². The van der Waals surface area contributed by atoms with Gasteiger partial charge >= 0.3 is 5.97 Å². The summed E-state index contributed by atoms with van der Waals surface area (Å²) in [6, 6.07) is 4.16. The van der Waals surface area contributed by atoms with Gasteiger partial charge in [-0.15, -0.1) is 35.3 Å². The molecule has 1 saturated heterocycles. The fourth-order valence-electron chi connectivity index (χ4n) is 2.80. The van der Waals surface area contributed by atoms with Crippen molar-refractivity contribution in [3.05, 3.63) is 22.4 Å². The van der Waals surface area contributed by atoms with Gasteiger partial charge in [-0.25, -0.2) is 4.99 Å². The smallest absolute Gasteiger partial charge is 0.308 e. The average molecular weight is 508 g/mol. The van der Waals surface area contributed by atoms with Crippen LogP contribution >= 0.6 is 35.3 Å². The number of esters is 1. The minimum absolute atomic E-state index is 0. The molecule has 152 valence electrons. The number of likely N-dealkylation sites (tertiary alicyclic amines) is 1. The third kappa shape index (κ3) is 7.65. The highest BCUT2D eigenvalue weighted by Crippen LogP contribution is 2.18. The lowest BCUT2D eigenvalue weighted by molar-refractivity contribution is -0.146. The van der Waals surface area contributed by atoms with Gasteiger partial charge in [0, 0.05) is 38.6 Å². The molecule has 9 heteroatoms. The van der Waals surface area contributed by atoms with Gasteiger partial charge < -0.3 is 19.9 Å². The Morgan fingerprint density at radius 2 is 2.07 bits per heavy atom. The number of nitrogens with one attached hydrogen (secondary N) is 1. The molecule has 1 aliphatic rings. The third-order valence-electron chi connectivity index (χ3n) is 4.43. The number of amides is 1. The molecule has 1 aromatic rings. The summed E-state index contributed by atoms with van der Waals surface area (Å²) >= 11 is 1.73. The standard InChI is InChI=1S/C18H28N4O3S.HI/c1-21(2)16(23)13-20-18(19-9-6-15-5-4-12-26-15)22-10-7-14(8-11-22)17(24)25-3;/h4-5,12,14H,6-11,13H2,1-3H3,(H,19,20);1H. The van der Waals surface area contributed by atoms with Crippen LogP contribution in [0.4, 0.5) is 0 Å². The number of aliphatic imine (C=N–C) groups is 1. The van der Waals surface area contributed by atoms with E-state index in [1.807, 2.05) is 6.07 Å². The molecular weight excluding hydrogens is 479 g/mol. The fourth-order valence-corrected chi connectivity index (χ4v) is 3.51. The number of carbonyl (C=O) groups is 2. The molecule has 27 heavy (non-hydrogen) atoms. The van der Waals surface area contributed by atoms with E-state index in [-0.39, 0.29) is 48.3 Å². The van der Waals surface area contributed by atoms with Gasteiger partial charge in [-0.2, -0.15) is 0 Å². The molecule has 0 aromatic carbocycles. The molecule has 0 aliphatic carbocycles. The Labute approximate surface area is 182 Å². The largest absolute Gasteiger partial charge is 0.469 e. The van der Waals surface area contributed by atoms with Crippen molar-refractivity contribution in [2.24, 2.45) is 10.9 Å². The Bertz CT molecular complexity index is 614. The van der Waals surface area contributed by atoms with E-state index in [2.05, 4.69) is 26.7 Å². The predicted octanol–water partition coefficient (Wildman–Crippen LogP) is 1.83. The highest BCUT2D eigenvalue weighted by Gasteiger charge is 2.27. The summed E-state index contributed by atoms with van der Waals surface area (Å²) in [5.74, 6) is 0.510. The van der Waals surface area contributed by atoms with Crippen molar-refractivity contribution in [1.82, 2.24) is 15.1 Å². The van der Waals surface area contributed by atoms with Crippen molar-refractivity contribution >= 4 is 53.1 Å². The summed E-state index contributed by atoms with van der Waals surface area (Å²) < 4.78 is 4.84. The van der Waals surface area contributed by atoms with E-state index < -0.39 is 0 Å². The number of halogens is 1. The Kier molecular flexibility index (Phi) is 10.7. The summed E-state index contributed by atoms with van der Waals surface area (Å²) in [7, 11) is 4.88. The van der Waals surface area contributed by atoms with E-state index in [9.17, 15) is 9.59 Å². The Hall–Kier alpha value is -1.36. The Balaban J connectivity index is 0.00000364. The molecule has 1 N–H and O–H groups in total. The number of piperidine rings is 1. The van der Waals surface area contributed by atoms with Crippen molar-refractivity contribution in [3.63, 3.8) is 0 Å². The molecule has 1 aromatic heterocycles. The molecule has 0 unspecified atom stereocenters. The molecule has 1 fully saturated rings. The molecule has 0 saturated carbocycles. The van der Waals surface area contributed by atoms with E-state index in [4.69, 9.17) is 4.74 Å². The van der Waals surface area contributed by atoms with Gasteiger partial charge in [0.05, 0.1) is 13.0 Å². The van der Waals surface area contributed by atoms with Gasteiger partial charge in [0.25, 0.3) is 0 Å². The van der Waals surface area contributed by atoms with Crippen LogP contribution in [-0.2, 0) is 20.7 Å². The van der Waals surface area contributed by atoms with Crippen LogP contribution in [0.2, 0.25) is 0 Å². The van der Waals surface area contributed by atoms with E-state index in [0.29, 0.717) is 0 Å². The van der Waals surface area contributed by atoms with Crippen LogP contribution in [0.5, 0.6) is 0 Å². The van der Waals surface area contributed by atoms with E-state index in [1.165, 1.54) is 16.9 Å². The first-order valence-corrected chi connectivity index (χ1v) is 9.73. The topological polar surface area (TPSA) is 74.2 Å². The molecule has 1 amide bonds. The Morgan fingerprint density at radius 1 is 1.37 bits per heavy atom. The van der Waals surface area contributed by atoms with E-state index in [1.54, 1.807) is 25.4 Å². The zero-order valence-corrected chi connectivity index (χ0v) is 19.3. The molecule has 1 aliphatic heterocycles. The summed E-state index contributed by atoms with van der Waals surface area (Å²) in [6.07, 6.45) is 2.39. The first-order valence-electron chi connectivity index (χ1n) is 8.85. The van der Waals surface area contributed by atoms with Crippen LogP contribution in [0.25, 0.3) is 0 Å². The minimum atomic E-state index is -0.142. The second-order valence-corrected chi connectivity index (χ2v) is 7.50. The number of guanidine groups is 1. The van der Waals surface area contributed by atoms with Crippen LogP contribution in [0.15, 0.2) is 22.5 Å². The van der Waals surface area contributed by atoms with Crippen molar-refractivity contribution in [2.75, 3.05) is 47.4 Å². The van der Waals surface area contributed by atoms with Crippen LogP contribution in [0.3, 0.4) is 0 Å². The molecule has 2 heterocycles. The van der Waals surface area contributed by atoms with Gasteiger partial charge in [0.1, 0.15) is 6.54 Å². The number of hydrogen-bond acceptors (Lipinski definition) is 5. The number of thiophene rings is 1. The lowest BCUT2D eigenvalue weighted by atomic mass is 9.97. The maximum Gasteiger partial charge on any atom is 0.308 e. The van der Waals surface area contributed by atoms with E-state index >= 15 is 0 Å². The number of methoxy groups -OCH3 is 1. The summed E-state index contributed by atoms with van der Waals surface area (Å²) in [6.45, 7) is 2.32. The maximum absolute atomic E-state index is 11.9. The Morgan fingerprint density at radius 3 is 2.63 bits per heavy atom. The normalized spacial score (nSPS) is 15.1. The molecule has 2 rings (SSSR count). The molecule has 0 radical (unpaired) electrons. The highest BCUT2D eigenvalue weighted by molar-refractivity contribution is 14.0. The summed E-state index contributed by atoms with van der Waals surface area (Å²) in [5.41, 5.74) is 0. The van der Waals surface area contributed by atoms with E-state index in [0.717, 1.165) is 44.9 Å². The molecule has 7 nitrogen and oxygen atoms in total. The maximum atomic E-state index is 11.9. The monoisotopic (exact) mass is 508 g/mol. The van der Waals surface area contributed by atoms with Crippen LogP contribution in [-0.4, -0.2) is 75.0 Å². The lowest BCUT2D eigenvalue weighted by Crippen LogP contribution is -2.47. The van der Waals surface area contributed by atoms with Crippen molar-refractivity contribution in [2.45, 2.75) is 19.3 Å².